The number of rotatable bonds is 1. The van der Waals surface area contributed by atoms with Crippen LogP contribution in [0.4, 0.5) is 0 Å². The second-order valence-corrected chi connectivity index (χ2v) is 4.09. The SMILES string of the molecule is CN1CCCC(c2cnc(Cl)[nH]2)C1. The van der Waals surface area contributed by atoms with Crippen LogP contribution in [0.3, 0.4) is 0 Å². The van der Waals surface area contributed by atoms with E-state index < -0.39 is 0 Å². The minimum Gasteiger partial charge on any atom is -0.332 e. The first-order valence-corrected chi connectivity index (χ1v) is 5.02. The molecule has 3 nitrogen and oxygen atoms in total. The summed E-state index contributed by atoms with van der Waals surface area (Å²) >= 11 is 5.74. The minimum absolute atomic E-state index is 0.503. The van der Waals surface area contributed by atoms with E-state index in [1.54, 1.807) is 0 Å². The molecule has 1 aliphatic rings. The molecular formula is C9H14ClN3. The zero-order valence-corrected chi connectivity index (χ0v) is 8.51. The van der Waals surface area contributed by atoms with Crippen molar-refractivity contribution in [2.75, 3.05) is 20.1 Å². The van der Waals surface area contributed by atoms with E-state index in [2.05, 4.69) is 21.9 Å². The number of H-pyrrole nitrogens is 1. The molecule has 1 saturated heterocycles. The van der Waals surface area contributed by atoms with Crippen LogP contribution in [0.1, 0.15) is 24.5 Å². The zero-order chi connectivity index (χ0) is 9.26. The summed E-state index contributed by atoms with van der Waals surface area (Å²) in [4.78, 5) is 9.45. The standard InChI is InChI=1S/C9H14ClN3/c1-13-4-2-3-7(6-13)8-5-11-9(10)12-8/h5,7H,2-4,6H2,1H3,(H,11,12). The van der Waals surface area contributed by atoms with Gasteiger partial charge in [0, 0.05) is 24.4 Å². The van der Waals surface area contributed by atoms with Crippen molar-refractivity contribution in [1.82, 2.24) is 14.9 Å². The van der Waals surface area contributed by atoms with Gasteiger partial charge in [0.05, 0.1) is 0 Å². The van der Waals surface area contributed by atoms with Crippen LogP contribution < -0.4 is 0 Å². The summed E-state index contributed by atoms with van der Waals surface area (Å²) in [5.41, 5.74) is 1.18. The molecule has 0 amide bonds. The lowest BCUT2D eigenvalue weighted by Crippen LogP contribution is -2.30. The van der Waals surface area contributed by atoms with Gasteiger partial charge in [-0.3, -0.25) is 0 Å². The van der Waals surface area contributed by atoms with Crippen LogP contribution in [-0.2, 0) is 0 Å². The fourth-order valence-electron chi connectivity index (χ4n) is 1.94. The molecule has 1 aromatic heterocycles. The first-order valence-electron chi connectivity index (χ1n) is 4.64. The number of likely N-dealkylation sites (N-methyl/N-ethyl adjacent to an activating group) is 1. The Morgan fingerprint density at radius 3 is 3.15 bits per heavy atom. The van der Waals surface area contributed by atoms with Crippen molar-refractivity contribution in [2.45, 2.75) is 18.8 Å². The zero-order valence-electron chi connectivity index (χ0n) is 7.76. The van der Waals surface area contributed by atoms with Crippen molar-refractivity contribution in [3.05, 3.63) is 17.2 Å². The fraction of sp³-hybridized carbons (Fsp3) is 0.667. The highest BCUT2D eigenvalue weighted by Crippen LogP contribution is 2.25. The van der Waals surface area contributed by atoms with E-state index in [0.717, 1.165) is 6.54 Å². The Bertz CT molecular complexity index is 284. The van der Waals surface area contributed by atoms with Crippen LogP contribution in [-0.4, -0.2) is 35.0 Å². The Morgan fingerprint density at radius 1 is 1.69 bits per heavy atom. The number of nitrogens with zero attached hydrogens (tertiary/aromatic N) is 2. The lowest BCUT2D eigenvalue weighted by molar-refractivity contribution is 0.249. The van der Waals surface area contributed by atoms with E-state index in [9.17, 15) is 0 Å². The topological polar surface area (TPSA) is 31.9 Å². The summed E-state index contributed by atoms with van der Waals surface area (Å²) in [6.45, 7) is 2.32. The van der Waals surface area contributed by atoms with Crippen molar-refractivity contribution < 1.29 is 0 Å². The van der Waals surface area contributed by atoms with E-state index >= 15 is 0 Å². The molecule has 1 aromatic rings. The number of halogens is 1. The molecular weight excluding hydrogens is 186 g/mol. The normalized spacial score (nSPS) is 24.9. The van der Waals surface area contributed by atoms with E-state index in [0.29, 0.717) is 11.2 Å². The van der Waals surface area contributed by atoms with E-state index in [1.807, 2.05) is 6.20 Å². The van der Waals surface area contributed by atoms with Gasteiger partial charge in [0.2, 0.25) is 0 Å². The first-order chi connectivity index (χ1) is 6.25. The van der Waals surface area contributed by atoms with Crippen LogP contribution in [0.25, 0.3) is 0 Å². The fourth-order valence-corrected chi connectivity index (χ4v) is 2.10. The summed E-state index contributed by atoms with van der Waals surface area (Å²) < 4.78 is 0. The van der Waals surface area contributed by atoms with Crippen LogP contribution >= 0.6 is 11.6 Å². The van der Waals surface area contributed by atoms with E-state index in [-0.39, 0.29) is 0 Å². The van der Waals surface area contributed by atoms with Gasteiger partial charge in [0.25, 0.3) is 0 Å². The largest absolute Gasteiger partial charge is 0.332 e. The second-order valence-electron chi connectivity index (χ2n) is 3.73. The summed E-state index contributed by atoms with van der Waals surface area (Å²) in [7, 11) is 2.16. The van der Waals surface area contributed by atoms with E-state index in [1.165, 1.54) is 25.1 Å². The number of aromatic nitrogens is 2. The van der Waals surface area contributed by atoms with Crippen LogP contribution in [0.2, 0.25) is 5.28 Å². The third kappa shape index (κ3) is 2.03. The Kier molecular flexibility index (Phi) is 2.56. The number of hydrogen-bond acceptors (Lipinski definition) is 2. The molecule has 0 bridgehead atoms. The highest BCUT2D eigenvalue weighted by Gasteiger charge is 2.20. The van der Waals surface area contributed by atoms with Crippen molar-refractivity contribution in [1.29, 1.82) is 0 Å². The van der Waals surface area contributed by atoms with Crippen LogP contribution in [0.5, 0.6) is 0 Å². The molecule has 1 N–H and O–H groups in total. The van der Waals surface area contributed by atoms with E-state index in [4.69, 9.17) is 11.6 Å². The van der Waals surface area contributed by atoms with Crippen molar-refractivity contribution in [2.24, 2.45) is 0 Å². The third-order valence-corrected chi connectivity index (χ3v) is 2.82. The molecule has 1 aliphatic heterocycles. The minimum atomic E-state index is 0.503. The lowest BCUT2D eigenvalue weighted by atomic mass is 9.96. The quantitative estimate of drug-likeness (QED) is 0.749. The maximum absolute atomic E-state index is 5.74. The van der Waals surface area contributed by atoms with Gasteiger partial charge in [-0.05, 0) is 38.0 Å². The smallest absolute Gasteiger partial charge is 0.200 e. The molecule has 2 heterocycles. The summed E-state index contributed by atoms with van der Waals surface area (Å²) in [5.74, 6) is 0.582. The van der Waals surface area contributed by atoms with Crippen molar-refractivity contribution in [3.63, 3.8) is 0 Å². The maximum atomic E-state index is 5.74. The van der Waals surface area contributed by atoms with Gasteiger partial charge in [-0.15, -0.1) is 0 Å². The Balaban J connectivity index is 2.08. The van der Waals surface area contributed by atoms with Gasteiger partial charge in [-0.25, -0.2) is 4.98 Å². The predicted octanol–water partition coefficient (Wildman–Crippen LogP) is 1.87. The van der Waals surface area contributed by atoms with Crippen molar-refractivity contribution in [3.8, 4) is 0 Å². The molecule has 0 aliphatic carbocycles. The molecule has 0 spiro atoms. The number of piperidine rings is 1. The molecule has 2 rings (SSSR count). The third-order valence-electron chi connectivity index (χ3n) is 2.63. The number of hydrogen-bond donors (Lipinski definition) is 1. The monoisotopic (exact) mass is 199 g/mol. The van der Waals surface area contributed by atoms with Crippen LogP contribution in [0, 0.1) is 0 Å². The number of imidazole rings is 1. The Hall–Kier alpha value is -0.540. The van der Waals surface area contributed by atoms with Gasteiger partial charge in [-0.2, -0.15) is 0 Å². The first kappa shape index (κ1) is 9.03. The Labute approximate surface area is 83.1 Å². The molecule has 1 atom stereocenters. The number of nitrogens with one attached hydrogen (secondary N) is 1. The molecule has 0 saturated carbocycles. The highest BCUT2D eigenvalue weighted by atomic mass is 35.5. The lowest BCUT2D eigenvalue weighted by Gasteiger charge is -2.28. The average Bonchev–Trinajstić information content (AvgIpc) is 2.52. The maximum Gasteiger partial charge on any atom is 0.200 e. The van der Waals surface area contributed by atoms with Gasteiger partial charge < -0.3 is 9.88 Å². The molecule has 4 heteroatoms. The van der Waals surface area contributed by atoms with Crippen LogP contribution in [0.15, 0.2) is 6.20 Å². The molecule has 72 valence electrons. The second kappa shape index (κ2) is 3.68. The summed E-state index contributed by atoms with van der Waals surface area (Å²) in [6.07, 6.45) is 4.35. The molecule has 0 aromatic carbocycles. The molecule has 0 radical (unpaired) electrons. The summed E-state index contributed by atoms with van der Waals surface area (Å²) in [5, 5.41) is 0.503. The molecule has 13 heavy (non-hydrogen) atoms. The number of likely N-dealkylation sites (tertiary alicyclic amines) is 1. The van der Waals surface area contributed by atoms with Gasteiger partial charge >= 0.3 is 0 Å². The summed E-state index contributed by atoms with van der Waals surface area (Å²) in [6, 6.07) is 0. The van der Waals surface area contributed by atoms with Crippen molar-refractivity contribution >= 4 is 11.6 Å². The van der Waals surface area contributed by atoms with Gasteiger partial charge in [0.1, 0.15) is 0 Å². The molecule has 1 fully saturated rings. The van der Waals surface area contributed by atoms with Gasteiger partial charge in [0.15, 0.2) is 5.28 Å². The van der Waals surface area contributed by atoms with Gasteiger partial charge in [-0.1, -0.05) is 0 Å². The number of aromatic amines is 1. The predicted molar refractivity (Wildman–Crippen MR) is 53.1 cm³/mol. The Morgan fingerprint density at radius 2 is 2.54 bits per heavy atom. The highest BCUT2D eigenvalue weighted by molar-refractivity contribution is 6.28. The average molecular weight is 200 g/mol. The molecule has 1 unspecified atom stereocenters.